The largest absolute Gasteiger partial charge is 0.497 e. The Morgan fingerprint density at radius 1 is 0.927 bits per heavy atom. The number of methoxy groups -OCH3 is 2. The van der Waals surface area contributed by atoms with Crippen LogP contribution in [0.3, 0.4) is 0 Å². The van der Waals surface area contributed by atoms with E-state index >= 15 is 4.79 Å². The standard InChI is InChI=1S/C33H26N2O5S/c1-39-20-14-15-25(40-2)21(18-20)30(36)28-29(31(37)26-12-7-17-41-26)35-24-11-6-3-8-19(24)13-16-27(35)33(28)22-9-4-5-10-23(22)34-32(33)38/h3-18,27-29H,1-2H3,(H,34,38)/t27-,28-,29-,33+/m1/s1. The molecule has 204 valence electrons. The summed E-state index contributed by atoms with van der Waals surface area (Å²) >= 11 is 1.33. The first-order valence-corrected chi connectivity index (χ1v) is 14.2. The monoisotopic (exact) mass is 562 g/mol. The summed E-state index contributed by atoms with van der Waals surface area (Å²) in [4.78, 5) is 46.5. The summed E-state index contributed by atoms with van der Waals surface area (Å²) < 4.78 is 11.1. The van der Waals surface area contributed by atoms with Crippen LogP contribution in [-0.4, -0.2) is 43.8 Å². The maximum atomic E-state index is 15.0. The van der Waals surface area contributed by atoms with Gasteiger partial charge >= 0.3 is 0 Å². The fourth-order valence-electron chi connectivity index (χ4n) is 6.86. The lowest BCUT2D eigenvalue weighted by Crippen LogP contribution is -2.51. The molecule has 1 N–H and O–H groups in total. The number of fused-ring (bicyclic) bond motifs is 6. The number of ketones is 2. The number of nitrogens with one attached hydrogen (secondary N) is 1. The molecule has 3 aliphatic rings. The highest BCUT2D eigenvalue weighted by molar-refractivity contribution is 7.12. The molecule has 3 aromatic carbocycles. The van der Waals surface area contributed by atoms with Crippen molar-refractivity contribution >= 4 is 46.3 Å². The molecule has 1 fully saturated rings. The number of carbonyl (C=O) groups excluding carboxylic acids is 3. The van der Waals surface area contributed by atoms with E-state index in [0.29, 0.717) is 27.6 Å². The maximum absolute atomic E-state index is 15.0. The highest BCUT2D eigenvalue weighted by Crippen LogP contribution is 2.58. The molecule has 0 aliphatic carbocycles. The number of hydrogen-bond acceptors (Lipinski definition) is 7. The number of benzene rings is 3. The van der Waals surface area contributed by atoms with Crippen molar-refractivity contribution in [3.05, 3.63) is 112 Å². The van der Waals surface area contributed by atoms with E-state index in [1.165, 1.54) is 25.6 Å². The third-order valence-corrected chi connectivity index (χ3v) is 9.41. The lowest BCUT2D eigenvalue weighted by atomic mass is 9.64. The molecule has 4 atom stereocenters. The highest BCUT2D eigenvalue weighted by Gasteiger charge is 2.70. The summed E-state index contributed by atoms with van der Waals surface area (Å²) in [7, 11) is 3.02. The number of thiophene rings is 1. The van der Waals surface area contributed by atoms with Crippen molar-refractivity contribution in [2.24, 2.45) is 5.92 Å². The summed E-state index contributed by atoms with van der Waals surface area (Å²) in [6.45, 7) is 0. The summed E-state index contributed by atoms with van der Waals surface area (Å²) in [5.74, 6) is -1.13. The maximum Gasteiger partial charge on any atom is 0.238 e. The Hall–Kier alpha value is -4.69. The van der Waals surface area contributed by atoms with Gasteiger partial charge in [-0.05, 0) is 52.9 Å². The lowest BCUT2D eigenvalue weighted by molar-refractivity contribution is -0.121. The van der Waals surface area contributed by atoms with Crippen molar-refractivity contribution in [2.45, 2.75) is 17.5 Å². The number of anilines is 2. The minimum atomic E-state index is -1.39. The molecule has 3 aliphatic heterocycles. The van der Waals surface area contributed by atoms with Crippen LogP contribution in [0.25, 0.3) is 6.08 Å². The summed E-state index contributed by atoms with van der Waals surface area (Å²) in [6, 6.07) is 22.3. The first-order valence-electron chi connectivity index (χ1n) is 13.3. The zero-order valence-electron chi connectivity index (χ0n) is 22.4. The fourth-order valence-corrected chi connectivity index (χ4v) is 7.56. The molecular weight excluding hydrogens is 536 g/mol. The predicted molar refractivity (Wildman–Crippen MR) is 158 cm³/mol. The molecule has 4 aromatic rings. The predicted octanol–water partition coefficient (Wildman–Crippen LogP) is 5.62. The van der Waals surface area contributed by atoms with E-state index < -0.39 is 23.4 Å². The van der Waals surface area contributed by atoms with Crippen LogP contribution in [0.1, 0.15) is 31.2 Å². The van der Waals surface area contributed by atoms with Gasteiger partial charge in [0.05, 0.1) is 36.6 Å². The molecule has 1 saturated heterocycles. The van der Waals surface area contributed by atoms with E-state index in [1.807, 2.05) is 77.0 Å². The molecular formula is C33H26N2O5S. The summed E-state index contributed by atoms with van der Waals surface area (Å²) in [6.07, 6.45) is 3.95. The van der Waals surface area contributed by atoms with Crippen LogP contribution in [0.2, 0.25) is 0 Å². The van der Waals surface area contributed by atoms with Crippen LogP contribution in [0, 0.1) is 5.92 Å². The van der Waals surface area contributed by atoms with Gasteiger partial charge in [0.15, 0.2) is 11.6 Å². The van der Waals surface area contributed by atoms with Crippen LogP contribution in [0.15, 0.2) is 90.3 Å². The van der Waals surface area contributed by atoms with Gasteiger partial charge in [0.1, 0.15) is 23.0 Å². The van der Waals surface area contributed by atoms with E-state index in [-0.39, 0.29) is 23.0 Å². The number of rotatable bonds is 6. The topological polar surface area (TPSA) is 84.9 Å². The number of nitrogens with zero attached hydrogens (tertiary/aromatic N) is 1. The highest BCUT2D eigenvalue weighted by atomic mass is 32.1. The molecule has 7 nitrogen and oxygen atoms in total. The van der Waals surface area contributed by atoms with E-state index in [1.54, 1.807) is 24.3 Å². The smallest absolute Gasteiger partial charge is 0.238 e. The summed E-state index contributed by atoms with van der Waals surface area (Å²) in [5, 5.41) is 4.90. The molecule has 1 spiro atoms. The van der Waals surface area contributed by atoms with Crippen LogP contribution in [0.4, 0.5) is 11.4 Å². The van der Waals surface area contributed by atoms with E-state index in [0.717, 1.165) is 11.3 Å². The first kappa shape index (κ1) is 25.3. The van der Waals surface area contributed by atoms with Crippen LogP contribution >= 0.6 is 11.3 Å². The Morgan fingerprint density at radius 3 is 2.51 bits per heavy atom. The second kappa shape index (κ2) is 9.45. The minimum absolute atomic E-state index is 0.204. The molecule has 1 aromatic heterocycles. The SMILES string of the molecule is COc1ccc(OC)c(C(=O)[C@H]2[C@H](C(=O)c3cccs3)N3c4ccccc4C=C[C@@H]3[C@]23C(=O)Nc2ccccc23)c1. The van der Waals surface area contributed by atoms with Gasteiger partial charge in [0.2, 0.25) is 5.91 Å². The van der Waals surface area contributed by atoms with Crippen LogP contribution in [-0.2, 0) is 10.2 Å². The zero-order chi connectivity index (χ0) is 28.3. The number of para-hydroxylation sites is 2. The van der Waals surface area contributed by atoms with Crippen molar-refractivity contribution in [3.8, 4) is 11.5 Å². The van der Waals surface area contributed by atoms with Gasteiger partial charge in [-0.25, -0.2) is 0 Å². The number of hydrogen-bond donors (Lipinski definition) is 1. The first-order chi connectivity index (χ1) is 20.0. The van der Waals surface area contributed by atoms with Crippen molar-refractivity contribution in [2.75, 3.05) is 24.4 Å². The lowest BCUT2D eigenvalue weighted by Gasteiger charge is -2.37. The fraction of sp³-hybridized carbons (Fsp3) is 0.182. The Bertz CT molecular complexity index is 1750. The van der Waals surface area contributed by atoms with Gasteiger partial charge in [-0.3, -0.25) is 14.4 Å². The molecule has 0 bridgehead atoms. The number of carbonyl (C=O) groups is 3. The average Bonchev–Trinajstić information content (AvgIpc) is 3.73. The molecule has 0 saturated carbocycles. The van der Waals surface area contributed by atoms with Crippen molar-refractivity contribution in [3.63, 3.8) is 0 Å². The van der Waals surface area contributed by atoms with Gasteiger partial charge < -0.3 is 19.7 Å². The van der Waals surface area contributed by atoms with Crippen molar-refractivity contribution in [1.82, 2.24) is 0 Å². The van der Waals surface area contributed by atoms with E-state index in [9.17, 15) is 9.59 Å². The Balaban J connectivity index is 1.55. The average molecular weight is 563 g/mol. The Kier molecular flexibility index (Phi) is 5.83. The van der Waals surface area contributed by atoms with Gasteiger partial charge in [0, 0.05) is 11.4 Å². The van der Waals surface area contributed by atoms with Crippen molar-refractivity contribution in [1.29, 1.82) is 0 Å². The molecule has 8 heteroatoms. The quantitative estimate of drug-likeness (QED) is 0.307. The van der Waals surface area contributed by atoms with Gasteiger partial charge in [-0.1, -0.05) is 54.6 Å². The zero-order valence-corrected chi connectivity index (χ0v) is 23.2. The molecule has 7 rings (SSSR count). The molecule has 0 unspecified atom stereocenters. The Morgan fingerprint density at radius 2 is 1.73 bits per heavy atom. The number of amides is 1. The van der Waals surface area contributed by atoms with E-state index in [2.05, 4.69) is 5.32 Å². The molecule has 4 heterocycles. The molecule has 0 radical (unpaired) electrons. The van der Waals surface area contributed by atoms with Crippen LogP contribution < -0.4 is 19.7 Å². The van der Waals surface area contributed by atoms with Crippen LogP contribution in [0.5, 0.6) is 11.5 Å². The van der Waals surface area contributed by atoms with E-state index in [4.69, 9.17) is 9.47 Å². The summed E-state index contributed by atoms with van der Waals surface area (Å²) in [5.41, 5.74) is 1.94. The second-order valence-corrected chi connectivity index (χ2v) is 11.3. The van der Waals surface area contributed by atoms with Gasteiger partial charge in [-0.2, -0.15) is 0 Å². The third-order valence-electron chi connectivity index (χ3n) is 8.53. The number of Topliss-reactive ketones (excluding diaryl/α,β-unsaturated/α-hetero) is 2. The minimum Gasteiger partial charge on any atom is -0.497 e. The Labute approximate surface area is 241 Å². The van der Waals surface area contributed by atoms with Gasteiger partial charge in [0.25, 0.3) is 0 Å². The second-order valence-electron chi connectivity index (χ2n) is 10.3. The van der Waals surface area contributed by atoms with Gasteiger partial charge in [-0.15, -0.1) is 11.3 Å². The number of ether oxygens (including phenoxy) is 2. The molecule has 41 heavy (non-hydrogen) atoms. The normalized spacial score (nSPS) is 23.5. The molecule has 1 amide bonds. The van der Waals surface area contributed by atoms with Crippen molar-refractivity contribution < 1.29 is 23.9 Å². The third kappa shape index (κ3) is 3.47.